The van der Waals surface area contributed by atoms with Gasteiger partial charge in [-0.15, -0.1) is 0 Å². The van der Waals surface area contributed by atoms with Crippen molar-refractivity contribution in [3.63, 3.8) is 0 Å². The first kappa shape index (κ1) is 12.3. The van der Waals surface area contributed by atoms with E-state index in [0.29, 0.717) is 23.6 Å². The van der Waals surface area contributed by atoms with Gasteiger partial charge in [-0.1, -0.05) is 6.07 Å². The van der Waals surface area contributed by atoms with Gasteiger partial charge in [-0.05, 0) is 26.0 Å². The molecule has 0 aromatic heterocycles. The van der Waals surface area contributed by atoms with Crippen molar-refractivity contribution in [1.82, 2.24) is 0 Å². The number of nitrogens with two attached hydrogens (primary N) is 1. The Hall–Kier alpha value is -1.73. The van der Waals surface area contributed by atoms with Crippen molar-refractivity contribution in [3.8, 4) is 17.6 Å². The minimum Gasteiger partial charge on any atom is -0.493 e. The Kier molecular flexibility index (Phi) is 3.75. The van der Waals surface area contributed by atoms with Crippen LogP contribution in [0.2, 0.25) is 0 Å². The number of benzene rings is 1. The van der Waals surface area contributed by atoms with Crippen LogP contribution in [0.5, 0.6) is 11.5 Å². The molecule has 1 rings (SSSR count). The van der Waals surface area contributed by atoms with Gasteiger partial charge in [0.15, 0.2) is 11.5 Å². The van der Waals surface area contributed by atoms with Crippen molar-refractivity contribution in [3.05, 3.63) is 23.8 Å². The van der Waals surface area contributed by atoms with Crippen LogP contribution < -0.4 is 15.2 Å². The van der Waals surface area contributed by atoms with Crippen molar-refractivity contribution in [2.45, 2.75) is 19.4 Å². The van der Waals surface area contributed by atoms with Gasteiger partial charge in [0.05, 0.1) is 12.7 Å². The lowest BCUT2D eigenvalue weighted by Gasteiger charge is -2.26. The molecule has 1 aromatic rings. The second-order valence-corrected chi connectivity index (χ2v) is 4.01. The summed E-state index contributed by atoms with van der Waals surface area (Å²) in [5.74, 6) is 0.989. The zero-order chi connectivity index (χ0) is 12.2. The summed E-state index contributed by atoms with van der Waals surface area (Å²) in [6, 6.07) is 7.26. The number of rotatable bonds is 4. The van der Waals surface area contributed by atoms with E-state index >= 15 is 0 Å². The summed E-state index contributed by atoms with van der Waals surface area (Å²) in [6.07, 6.45) is 0. The maximum Gasteiger partial charge on any atom is 0.179 e. The number of hydrogen-bond donors (Lipinski definition) is 1. The monoisotopic (exact) mass is 220 g/mol. The quantitative estimate of drug-likeness (QED) is 0.838. The van der Waals surface area contributed by atoms with Gasteiger partial charge >= 0.3 is 0 Å². The van der Waals surface area contributed by atoms with Crippen LogP contribution in [0.1, 0.15) is 19.4 Å². The second-order valence-electron chi connectivity index (χ2n) is 4.01. The van der Waals surface area contributed by atoms with Crippen LogP contribution in [0, 0.1) is 11.3 Å². The molecular weight excluding hydrogens is 204 g/mol. The predicted octanol–water partition coefficient (Wildman–Crippen LogP) is 1.68. The van der Waals surface area contributed by atoms with Crippen LogP contribution in [0.25, 0.3) is 0 Å². The summed E-state index contributed by atoms with van der Waals surface area (Å²) < 4.78 is 10.9. The molecule has 0 saturated heterocycles. The van der Waals surface area contributed by atoms with E-state index < -0.39 is 5.60 Å². The number of nitriles is 1. The van der Waals surface area contributed by atoms with E-state index in [1.807, 2.05) is 13.8 Å². The zero-order valence-electron chi connectivity index (χ0n) is 9.78. The number of hydrogen-bond acceptors (Lipinski definition) is 4. The number of para-hydroxylation sites is 1. The average molecular weight is 220 g/mol. The van der Waals surface area contributed by atoms with Crippen molar-refractivity contribution in [2.75, 3.05) is 13.7 Å². The molecule has 1 aromatic carbocycles. The molecule has 16 heavy (non-hydrogen) atoms. The van der Waals surface area contributed by atoms with E-state index in [2.05, 4.69) is 6.07 Å². The van der Waals surface area contributed by atoms with Crippen molar-refractivity contribution < 1.29 is 9.47 Å². The zero-order valence-corrected chi connectivity index (χ0v) is 9.78. The second kappa shape index (κ2) is 4.86. The molecule has 0 bridgehead atoms. The largest absolute Gasteiger partial charge is 0.493 e. The lowest BCUT2D eigenvalue weighted by Crippen LogP contribution is -2.37. The Balaban J connectivity index is 3.15. The van der Waals surface area contributed by atoms with E-state index in [4.69, 9.17) is 20.5 Å². The molecule has 2 N–H and O–H groups in total. The number of methoxy groups -OCH3 is 1. The highest BCUT2D eigenvalue weighted by Crippen LogP contribution is 2.33. The molecule has 0 unspecified atom stereocenters. The highest BCUT2D eigenvalue weighted by atomic mass is 16.5. The van der Waals surface area contributed by atoms with Gasteiger partial charge in [0.2, 0.25) is 0 Å². The van der Waals surface area contributed by atoms with Crippen LogP contribution in [0.3, 0.4) is 0 Å². The number of nitrogens with zero attached hydrogens (tertiary/aromatic N) is 1. The van der Waals surface area contributed by atoms with Crippen LogP contribution in [-0.2, 0) is 0 Å². The smallest absolute Gasteiger partial charge is 0.179 e. The maximum atomic E-state index is 8.99. The normalized spacial score (nSPS) is 10.7. The topological polar surface area (TPSA) is 68.3 Å². The van der Waals surface area contributed by atoms with E-state index in [0.717, 1.165) is 0 Å². The van der Waals surface area contributed by atoms with E-state index in [9.17, 15) is 0 Å². The molecule has 0 heterocycles. The molecule has 0 aliphatic carbocycles. The molecular formula is C12H16N2O2. The van der Waals surface area contributed by atoms with Gasteiger partial charge in [-0.3, -0.25) is 0 Å². The molecule has 0 amide bonds. The molecule has 4 nitrogen and oxygen atoms in total. The van der Waals surface area contributed by atoms with Crippen LogP contribution >= 0.6 is 0 Å². The fourth-order valence-corrected chi connectivity index (χ4v) is 1.19. The maximum absolute atomic E-state index is 8.99. The van der Waals surface area contributed by atoms with Crippen LogP contribution in [-0.4, -0.2) is 19.3 Å². The predicted molar refractivity (Wildman–Crippen MR) is 61.5 cm³/mol. The fourth-order valence-electron chi connectivity index (χ4n) is 1.19. The van der Waals surface area contributed by atoms with Gasteiger partial charge < -0.3 is 15.2 Å². The van der Waals surface area contributed by atoms with Gasteiger partial charge in [0, 0.05) is 6.54 Å². The minimum absolute atomic E-state index is 0.357. The molecule has 4 heteroatoms. The van der Waals surface area contributed by atoms with E-state index in [-0.39, 0.29) is 0 Å². The molecule has 0 aliphatic rings. The molecule has 0 spiro atoms. The molecule has 0 aliphatic heterocycles. The average Bonchev–Trinajstić information content (AvgIpc) is 2.29. The van der Waals surface area contributed by atoms with Crippen molar-refractivity contribution in [2.24, 2.45) is 5.73 Å². The Bertz CT molecular complexity index is 408. The van der Waals surface area contributed by atoms with Crippen LogP contribution in [0.4, 0.5) is 0 Å². The highest BCUT2D eigenvalue weighted by Gasteiger charge is 2.21. The summed E-state index contributed by atoms with van der Waals surface area (Å²) in [7, 11) is 1.54. The number of ether oxygens (including phenoxy) is 2. The first-order valence-electron chi connectivity index (χ1n) is 5.00. The highest BCUT2D eigenvalue weighted by molar-refractivity contribution is 5.52. The van der Waals surface area contributed by atoms with Crippen molar-refractivity contribution >= 4 is 0 Å². The summed E-state index contributed by atoms with van der Waals surface area (Å²) in [5.41, 5.74) is 5.51. The van der Waals surface area contributed by atoms with Gasteiger partial charge in [-0.25, -0.2) is 0 Å². The third-order valence-corrected chi connectivity index (χ3v) is 2.19. The molecule has 0 radical (unpaired) electrons. The molecule has 0 fully saturated rings. The summed E-state index contributed by atoms with van der Waals surface area (Å²) in [4.78, 5) is 0. The first-order valence-corrected chi connectivity index (χ1v) is 5.00. The van der Waals surface area contributed by atoms with E-state index in [1.165, 1.54) is 0 Å². The Morgan fingerprint density at radius 3 is 2.62 bits per heavy atom. The Labute approximate surface area is 95.6 Å². The van der Waals surface area contributed by atoms with Gasteiger partial charge in [0.1, 0.15) is 11.7 Å². The lowest BCUT2D eigenvalue weighted by atomic mass is 10.1. The summed E-state index contributed by atoms with van der Waals surface area (Å²) in [5, 5.41) is 8.99. The van der Waals surface area contributed by atoms with Crippen molar-refractivity contribution in [1.29, 1.82) is 5.26 Å². The third-order valence-electron chi connectivity index (χ3n) is 2.19. The van der Waals surface area contributed by atoms with Gasteiger partial charge in [-0.2, -0.15) is 5.26 Å². The summed E-state index contributed by atoms with van der Waals surface area (Å²) >= 11 is 0. The lowest BCUT2D eigenvalue weighted by molar-refractivity contribution is 0.113. The van der Waals surface area contributed by atoms with E-state index in [1.54, 1.807) is 25.3 Å². The molecule has 0 atom stereocenters. The minimum atomic E-state index is -0.528. The van der Waals surface area contributed by atoms with Gasteiger partial charge in [0.25, 0.3) is 0 Å². The fraction of sp³-hybridized carbons (Fsp3) is 0.417. The Morgan fingerprint density at radius 2 is 2.12 bits per heavy atom. The van der Waals surface area contributed by atoms with Crippen LogP contribution in [0.15, 0.2) is 18.2 Å². The SMILES string of the molecule is COc1cccc(C#N)c1OC(C)(C)CN. The molecule has 0 saturated carbocycles. The summed E-state index contributed by atoms with van der Waals surface area (Å²) in [6.45, 7) is 4.08. The standard InChI is InChI=1S/C12H16N2O2/c1-12(2,8-14)16-11-9(7-13)5-4-6-10(11)15-3/h4-6H,8,14H2,1-3H3. The molecule has 86 valence electrons. The Morgan fingerprint density at radius 1 is 1.44 bits per heavy atom. The first-order chi connectivity index (χ1) is 7.54. The third kappa shape index (κ3) is 2.65.